The van der Waals surface area contributed by atoms with E-state index in [-0.39, 0.29) is 0 Å². The molecule has 0 radical (unpaired) electrons. The molecule has 1 aromatic rings. The van der Waals surface area contributed by atoms with Gasteiger partial charge in [-0.3, -0.25) is 0 Å². The van der Waals surface area contributed by atoms with Crippen molar-refractivity contribution >= 4 is 11.7 Å². The van der Waals surface area contributed by atoms with Crippen LogP contribution in [0.25, 0.3) is 0 Å². The van der Waals surface area contributed by atoms with E-state index in [4.69, 9.17) is 0 Å². The number of carbonyl (C=O) groups is 1. The molecule has 1 N–H and O–H groups in total. The molecule has 3 heteroatoms. The molecule has 0 aromatic heterocycles. The molecule has 0 aliphatic carbocycles. The van der Waals surface area contributed by atoms with Gasteiger partial charge in [0.05, 0.1) is 0 Å². The van der Waals surface area contributed by atoms with Crippen LogP contribution in [0.4, 0.5) is 5.69 Å². The molecule has 2 rings (SSSR count). The van der Waals surface area contributed by atoms with Crippen molar-refractivity contribution in [3.63, 3.8) is 0 Å². The number of hydrogen-bond acceptors (Lipinski definition) is 2. The van der Waals surface area contributed by atoms with Crippen molar-refractivity contribution in [1.82, 2.24) is 0 Å². The minimum absolute atomic E-state index is 0.607. The number of carboxylic acid groups (broad SMARTS) is 1. The molecule has 0 bridgehead atoms. The molecule has 1 heterocycles. The van der Waals surface area contributed by atoms with Crippen LogP contribution in [0.3, 0.4) is 0 Å². The normalized spacial score (nSPS) is 18.1. The summed E-state index contributed by atoms with van der Waals surface area (Å²) in [6, 6.07) is 6.31. The highest BCUT2D eigenvalue weighted by Crippen LogP contribution is 2.34. The smallest absolute Gasteiger partial charge is 0.329 e. The molecule has 98 valence electrons. The van der Waals surface area contributed by atoms with Gasteiger partial charge >= 0.3 is 5.97 Å². The number of carboxylic acids is 1. The van der Waals surface area contributed by atoms with Crippen molar-refractivity contribution < 1.29 is 9.90 Å². The highest BCUT2D eigenvalue weighted by Gasteiger charge is 2.39. The van der Waals surface area contributed by atoms with Crippen LogP contribution in [0.1, 0.15) is 37.8 Å². The van der Waals surface area contributed by atoms with E-state index < -0.39 is 11.5 Å². The molecule has 18 heavy (non-hydrogen) atoms. The van der Waals surface area contributed by atoms with Crippen molar-refractivity contribution in [3.8, 4) is 0 Å². The third kappa shape index (κ3) is 1.98. The van der Waals surface area contributed by atoms with Crippen LogP contribution < -0.4 is 4.90 Å². The maximum atomic E-state index is 11.6. The molecule has 1 aromatic carbocycles. The summed E-state index contributed by atoms with van der Waals surface area (Å²) in [4.78, 5) is 13.6. The predicted molar refractivity (Wildman–Crippen MR) is 73.2 cm³/mol. The number of rotatable bonds is 3. The molecule has 1 unspecified atom stereocenters. The lowest BCUT2D eigenvalue weighted by molar-refractivity contribution is -0.143. The number of benzene rings is 1. The highest BCUT2D eigenvalue weighted by atomic mass is 16.4. The largest absolute Gasteiger partial charge is 0.480 e. The Balaban J connectivity index is 2.47. The molecule has 0 spiro atoms. The van der Waals surface area contributed by atoms with Crippen molar-refractivity contribution in [3.05, 3.63) is 29.3 Å². The van der Waals surface area contributed by atoms with Gasteiger partial charge in [-0.25, -0.2) is 4.79 Å². The Morgan fingerprint density at radius 1 is 1.50 bits per heavy atom. The van der Waals surface area contributed by atoms with E-state index in [0.717, 1.165) is 25.1 Å². The fraction of sp³-hybridized carbons (Fsp3) is 0.533. The molecule has 0 amide bonds. The first-order valence-corrected chi connectivity index (χ1v) is 6.59. The maximum absolute atomic E-state index is 11.6. The quantitative estimate of drug-likeness (QED) is 0.892. The fourth-order valence-corrected chi connectivity index (χ4v) is 2.70. The van der Waals surface area contributed by atoms with E-state index >= 15 is 0 Å². The molecule has 0 fully saturated rings. The molecular formula is C15H21NO2. The van der Waals surface area contributed by atoms with E-state index in [2.05, 4.69) is 30.0 Å². The average molecular weight is 247 g/mol. The summed E-state index contributed by atoms with van der Waals surface area (Å²) >= 11 is 0. The highest BCUT2D eigenvalue weighted by molar-refractivity contribution is 5.84. The molecule has 0 saturated heterocycles. The Morgan fingerprint density at radius 2 is 2.22 bits per heavy atom. The van der Waals surface area contributed by atoms with E-state index in [1.165, 1.54) is 11.1 Å². The number of anilines is 1. The molecule has 1 aliphatic rings. The zero-order valence-corrected chi connectivity index (χ0v) is 11.4. The lowest BCUT2D eigenvalue weighted by atomic mass is 9.90. The van der Waals surface area contributed by atoms with Crippen LogP contribution in [-0.2, 0) is 11.2 Å². The Bertz CT molecular complexity index is 470. The van der Waals surface area contributed by atoms with Crippen molar-refractivity contribution in [1.29, 1.82) is 0 Å². The summed E-state index contributed by atoms with van der Waals surface area (Å²) < 4.78 is 0. The first kappa shape index (κ1) is 12.9. The minimum atomic E-state index is -0.801. The third-order valence-corrected chi connectivity index (χ3v) is 4.10. The second-order valence-corrected chi connectivity index (χ2v) is 5.32. The zero-order valence-electron chi connectivity index (χ0n) is 11.4. The second-order valence-electron chi connectivity index (χ2n) is 5.32. The van der Waals surface area contributed by atoms with Gasteiger partial charge in [0.15, 0.2) is 0 Å². The van der Waals surface area contributed by atoms with Gasteiger partial charge in [-0.15, -0.1) is 0 Å². The van der Waals surface area contributed by atoms with Gasteiger partial charge in [0.2, 0.25) is 0 Å². The van der Waals surface area contributed by atoms with Gasteiger partial charge < -0.3 is 10.0 Å². The predicted octanol–water partition coefficient (Wildman–Crippen LogP) is 3.00. The standard InChI is InChI=1S/C15H21NO2/c1-4-15(3,14(17)18)16-9-5-6-12-10-11(2)7-8-13(12)16/h7-8,10H,4-6,9H2,1-3H3,(H,17,18). The van der Waals surface area contributed by atoms with Gasteiger partial charge in [-0.2, -0.15) is 0 Å². The molecular weight excluding hydrogens is 226 g/mol. The van der Waals surface area contributed by atoms with Crippen LogP contribution in [0.2, 0.25) is 0 Å². The summed E-state index contributed by atoms with van der Waals surface area (Å²) in [6.07, 6.45) is 2.68. The summed E-state index contributed by atoms with van der Waals surface area (Å²) in [5.74, 6) is -0.738. The van der Waals surface area contributed by atoms with Crippen LogP contribution in [-0.4, -0.2) is 23.2 Å². The van der Waals surface area contributed by atoms with E-state index in [1.807, 2.05) is 13.8 Å². The van der Waals surface area contributed by atoms with Gasteiger partial charge in [-0.05, 0) is 44.7 Å². The average Bonchev–Trinajstić information content (AvgIpc) is 2.36. The van der Waals surface area contributed by atoms with Crippen LogP contribution in [0.5, 0.6) is 0 Å². The second kappa shape index (κ2) is 4.63. The number of hydrogen-bond donors (Lipinski definition) is 1. The number of fused-ring (bicyclic) bond motifs is 1. The van der Waals surface area contributed by atoms with Gasteiger partial charge in [-0.1, -0.05) is 24.6 Å². The SMILES string of the molecule is CCC(C)(C(=O)O)N1CCCc2cc(C)ccc21. The Hall–Kier alpha value is -1.51. The van der Waals surface area contributed by atoms with Gasteiger partial charge in [0.1, 0.15) is 5.54 Å². The molecule has 0 saturated carbocycles. The molecule has 1 atom stereocenters. The third-order valence-electron chi connectivity index (χ3n) is 4.10. The van der Waals surface area contributed by atoms with Crippen LogP contribution >= 0.6 is 0 Å². The molecule has 1 aliphatic heterocycles. The summed E-state index contributed by atoms with van der Waals surface area (Å²) in [6.45, 7) is 6.67. The Morgan fingerprint density at radius 3 is 2.83 bits per heavy atom. The topological polar surface area (TPSA) is 40.5 Å². The van der Waals surface area contributed by atoms with E-state index in [0.29, 0.717) is 6.42 Å². The lowest BCUT2D eigenvalue weighted by Crippen LogP contribution is -2.54. The summed E-state index contributed by atoms with van der Waals surface area (Å²) in [5, 5.41) is 9.52. The van der Waals surface area contributed by atoms with Gasteiger partial charge in [0.25, 0.3) is 0 Å². The van der Waals surface area contributed by atoms with Crippen LogP contribution in [0.15, 0.2) is 18.2 Å². The van der Waals surface area contributed by atoms with E-state index in [1.54, 1.807) is 0 Å². The van der Waals surface area contributed by atoms with Gasteiger partial charge in [0, 0.05) is 12.2 Å². The van der Waals surface area contributed by atoms with Crippen molar-refractivity contribution in [2.45, 2.75) is 45.6 Å². The number of aryl methyl sites for hydroxylation is 2. The van der Waals surface area contributed by atoms with E-state index in [9.17, 15) is 9.90 Å². The number of nitrogens with zero attached hydrogens (tertiary/aromatic N) is 1. The fourth-order valence-electron chi connectivity index (χ4n) is 2.70. The Labute approximate surface area is 108 Å². The Kier molecular flexibility index (Phi) is 3.33. The molecule has 3 nitrogen and oxygen atoms in total. The lowest BCUT2D eigenvalue weighted by Gasteiger charge is -2.42. The first-order valence-electron chi connectivity index (χ1n) is 6.59. The van der Waals surface area contributed by atoms with Crippen molar-refractivity contribution in [2.75, 3.05) is 11.4 Å². The van der Waals surface area contributed by atoms with Crippen molar-refractivity contribution in [2.24, 2.45) is 0 Å². The monoisotopic (exact) mass is 247 g/mol. The summed E-state index contributed by atoms with van der Waals surface area (Å²) in [7, 11) is 0. The first-order chi connectivity index (χ1) is 8.49. The zero-order chi connectivity index (χ0) is 13.3. The maximum Gasteiger partial charge on any atom is 0.329 e. The summed E-state index contributed by atoms with van der Waals surface area (Å²) in [5.41, 5.74) is 2.81. The number of aliphatic carboxylic acids is 1. The van der Waals surface area contributed by atoms with Crippen LogP contribution in [0, 0.1) is 6.92 Å². The minimum Gasteiger partial charge on any atom is -0.480 e.